The second-order valence-corrected chi connectivity index (χ2v) is 8.49. The van der Waals surface area contributed by atoms with Gasteiger partial charge in [-0.25, -0.2) is 14.2 Å². The number of nitrogens with one attached hydrogen (secondary N) is 3. The van der Waals surface area contributed by atoms with E-state index in [1.54, 1.807) is 55.1 Å². The second kappa shape index (κ2) is 13.0. The summed E-state index contributed by atoms with van der Waals surface area (Å²) in [5.41, 5.74) is 2.79. The molecule has 8 nitrogen and oxygen atoms in total. The Morgan fingerprint density at radius 3 is 2.54 bits per heavy atom. The monoisotopic (exact) mass is 500 g/mol. The molecule has 1 atom stereocenters. The summed E-state index contributed by atoms with van der Waals surface area (Å²) in [6.45, 7) is 0.994. The minimum Gasteiger partial charge on any atom is -0.410 e. The summed E-state index contributed by atoms with van der Waals surface area (Å²) in [4.78, 5) is 25.9. The van der Waals surface area contributed by atoms with Crippen molar-refractivity contribution in [3.8, 4) is 5.75 Å². The van der Waals surface area contributed by atoms with Crippen LogP contribution in [0.25, 0.3) is 0 Å². The molecule has 0 radical (unpaired) electrons. The van der Waals surface area contributed by atoms with Crippen LogP contribution in [0.1, 0.15) is 35.7 Å². The highest BCUT2D eigenvalue weighted by Gasteiger charge is 2.20. The van der Waals surface area contributed by atoms with Gasteiger partial charge in [0.15, 0.2) is 0 Å². The van der Waals surface area contributed by atoms with Crippen molar-refractivity contribution in [2.24, 2.45) is 0 Å². The van der Waals surface area contributed by atoms with Gasteiger partial charge in [0.1, 0.15) is 11.6 Å². The molecule has 37 heavy (non-hydrogen) atoms. The first-order valence-electron chi connectivity index (χ1n) is 12.1. The van der Waals surface area contributed by atoms with Gasteiger partial charge in [0, 0.05) is 42.8 Å². The van der Waals surface area contributed by atoms with Gasteiger partial charge in [0.25, 0.3) is 0 Å². The molecule has 0 bridgehead atoms. The molecule has 4 rings (SSSR count). The zero-order chi connectivity index (χ0) is 25.9. The van der Waals surface area contributed by atoms with E-state index in [1.807, 2.05) is 29.2 Å². The number of hydrogen-bond donors (Lipinski definition) is 3. The summed E-state index contributed by atoms with van der Waals surface area (Å²) in [5.74, 6) is -0.0672. The van der Waals surface area contributed by atoms with Crippen molar-refractivity contribution in [2.45, 2.75) is 25.2 Å². The smallest absolute Gasteiger partial charge is 0.410 e. The minimum atomic E-state index is -0.727. The number of amides is 1. The highest BCUT2D eigenvalue weighted by atomic mass is 19.1. The Bertz CT molecular complexity index is 1250. The number of para-hydroxylation sites is 1. The molecule has 190 valence electrons. The number of nitrogens with zero attached hydrogens (tertiary/aromatic N) is 3. The molecule has 1 unspecified atom stereocenters. The number of aromatic nitrogens is 3. The van der Waals surface area contributed by atoms with Crippen LogP contribution in [0.15, 0.2) is 91.5 Å². The molecule has 0 saturated carbocycles. The number of ether oxygens (including phenoxy) is 1. The van der Waals surface area contributed by atoms with Crippen LogP contribution in [-0.4, -0.2) is 45.0 Å². The topological polar surface area (TPSA) is 107 Å². The van der Waals surface area contributed by atoms with E-state index in [-0.39, 0.29) is 17.7 Å². The van der Waals surface area contributed by atoms with Crippen LogP contribution in [0.3, 0.4) is 0 Å². The quantitative estimate of drug-likeness (QED) is 0.207. The lowest BCUT2D eigenvalue weighted by Gasteiger charge is -2.27. The van der Waals surface area contributed by atoms with Crippen molar-refractivity contribution < 1.29 is 13.9 Å². The molecule has 0 spiro atoms. The first-order valence-corrected chi connectivity index (χ1v) is 12.1. The Morgan fingerprint density at radius 2 is 1.84 bits per heavy atom. The fraction of sp³-hybridized carbons (Fsp3) is 0.214. The van der Waals surface area contributed by atoms with Crippen LogP contribution in [0.5, 0.6) is 5.75 Å². The van der Waals surface area contributed by atoms with Gasteiger partial charge >= 0.3 is 6.09 Å². The molecule has 2 aromatic heterocycles. The Balaban J connectivity index is 1.46. The Kier molecular flexibility index (Phi) is 8.96. The Labute approximate surface area is 215 Å². The van der Waals surface area contributed by atoms with Crippen molar-refractivity contribution in [2.75, 3.05) is 13.1 Å². The number of rotatable bonds is 10. The fourth-order valence-corrected chi connectivity index (χ4v) is 4.06. The van der Waals surface area contributed by atoms with E-state index in [2.05, 4.69) is 20.3 Å². The average Bonchev–Trinajstić information content (AvgIpc) is 3.43. The van der Waals surface area contributed by atoms with Crippen LogP contribution in [0, 0.1) is 11.2 Å². The standard InChI is InChI=1S/C28H29FN6O2/c29-22-13-11-21(12-14-22)25(26-10-4-5-16-32-26)15-18-35(17-6-7-23-19-31-20-33-23)27(30)34-28(36)37-24-8-2-1-3-9-24/h1-5,8-14,16,19-20,25H,6-7,15,17-18H2,(H,31,33)(H2,30,34,36). The fourth-order valence-electron chi connectivity index (χ4n) is 4.06. The van der Waals surface area contributed by atoms with E-state index >= 15 is 0 Å². The largest absolute Gasteiger partial charge is 0.419 e. The van der Waals surface area contributed by atoms with Crippen LogP contribution in [0.4, 0.5) is 9.18 Å². The highest BCUT2D eigenvalue weighted by Crippen LogP contribution is 2.27. The van der Waals surface area contributed by atoms with E-state index in [0.717, 1.165) is 29.8 Å². The Morgan fingerprint density at radius 1 is 1.05 bits per heavy atom. The summed E-state index contributed by atoms with van der Waals surface area (Å²) in [5, 5.41) is 11.2. The van der Waals surface area contributed by atoms with Gasteiger partial charge in [-0.2, -0.15) is 0 Å². The molecular formula is C28H29FN6O2. The van der Waals surface area contributed by atoms with Crippen molar-refractivity contribution in [3.63, 3.8) is 0 Å². The molecule has 9 heteroatoms. The average molecular weight is 501 g/mol. The van der Waals surface area contributed by atoms with Crippen molar-refractivity contribution >= 4 is 12.1 Å². The predicted molar refractivity (Wildman–Crippen MR) is 139 cm³/mol. The first kappa shape index (κ1) is 25.6. The zero-order valence-corrected chi connectivity index (χ0v) is 20.3. The number of guanidine groups is 1. The number of halogens is 1. The molecule has 2 heterocycles. The molecule has 0 fully saturated rings. The number of carbonyl (C=O) groups is 1. The number of imidazole rings is 1. The molecule has 3 N–H and O–H groups in total. The molecule has 0 aliphatic rings. The third kappa shape index (κ3) is 7.73. The van der Waals surface area contributed by atoms with E-state index in [9.17, 15) is 9.18 Å². The number of H-pyrrole nitrogens is 1. The molecule has 4 aromatic rings. The highest BCUT2D eigenvalue weighted by molar-refractivity contribution is 5.92. The third-order valence-electron chi connectivity index (χ3n) is 5.92. The molecule has 1 amide bonds. The van der Waals surface area contributed by atoms with Crippen molar-refractivity contribution in [1.29, 1.82) is 5.41 Å². The lowest BCUT2D eigenvalue weighted by molar-refractivity contribution is 0.204. The van der Waals surface area contributed by atoms with Crippen LogP contribution >= 0.6 is 0 Å². The van der Waals surface area contributed by atoms with Crippen LogP contribution in [0.2, 0.25) is 0 Å². The van der Waals surface area contributed by atoms with E-state index in [1.165, 1.54) is 12.1 Å². The number of benzene rings is 2. The van der Waals surface area contributed by atoms with Crippen molar-refractivity contribution in [3.05, 3.63) is 114 Å². The maximum Gasteiger partial charge on any atom is 0.419 e. The van der Waals surface area contributed by atoms with E-state index < -0.39 is 6.09 Å². The van der Waals surface area contributed by atoms with Gasteiger partial charge < -0.3 is 14.6 Å². The normalized spacial score (nSPS) is 11.5. The summed E-state index contributed by atoms with van der Waals surface area (Å²) >= 11 is 0. The number of carbonyl (C=O) groups excluding carboxylic acids is 1. The molecule has 0 saturated heterocycles. The molecule has 0 aliphatic carbocycles. The summed E-state index contributed by atoms with van der Waals surface area (Å²) in [7, 11) is 0. The number of pyridine rings is 1. The van der Waals surface area contributed by atoms with E-state index in [4.69, 9.17) is 10.1 Å². The van der Waals surface area contributed by atoms with E-state index in [0.29, 0.717) is 25.3 Å². The lowest BCUT2D eigenvalue weighted by atomic mass is 9.91. The third-order valence-corrected chi connectivity index (χ3v) is 5.92. The van der Waals surface area contributed by atoms with Gasteiger partial charge in [-0.15, -0.1) is 0 Å². The second-order valence-electron chi connectivity index (χ2n) is 8.49. The van der Waals surface area contributed by atoms with Crippen LogP contribution < -0.4 is 10.1 Å². The first-order chi connectivity index (χ1) is 18.1. The molecular weight excluding hydrogens is 471 g/mol. The molecule has 2 aromatic carbocycles. The molecule has 0 aliphatic heterocycles. The van der Waals surface area contributed by atoms with Gasteiger partial charge in [0.2, 0.25) is 5.96 Å². The zero-order valence-electron chi connectivity index (χ0n) is 20.3. The summed E-state index contributed by atoms with van der Waals surface area (Å²) in [6, 6.07) is 20.8. The lowest BCUT2D eigenvalue weighted by Crippen LogP contribution is -2.45. The minimum absolute atomic E-state index is 0.0515. The number of aryl methyl sites for hydroxylation is 1. The van der Waals surface area contributed by atoms with Gasteiger partial charge in [-0.05, 0) is 61.2 Å². The number of hydrogen-bond acceptors (Lipinski definition) is 5. The van der Waals surface area contributed by atoms with Gasteiger partial charge in [-0.1, -0.05) is 36.4 Å². The maximum absolute atomic E-state index is 13.6. The van der Waals surface area contributed by atoms with Crippen LogP contribution in [-0.2, 0) is 6.42 Å². The Hall–Kier alpha value is -4.53. The van der Waals surface area contributed by atoms with Gasteiger partial charge in [-0.3, -0.25) is 15.7 Å². The SMILES string of the molecule is N=C(NC(=O)Oc1ccccc1)N(CCCc1cnc[nH]1)CCC(c1ccc(F)cc1)c1ccccn1. The summed E-state index contributed by atoms with van der Waals surface area (Å²) < 4.78 is 18.9. The summed E-state index contributed by atoms with van der Waals surface area (Å²) in [6.07, 6.45) is 6.51. The number of aromatic amines is 1. The predicted octanol–water partition coefficient (Wildman–Crippen LogP) is 5.12. The van der Waals surface area contributed by atoms with Crippen molar-refractivity contribution in [1.82, 2.24) is 25.2 Å². The maximum atomic E-state index is 13.6. The van der Waals surface area contributed by atoms with Gasteiger partial charge in [0.05, 0.1) is 6.33 Å².